The SMILES string of the molecule is COCC#Cc1cc2ncn(-c3ccc(O)cc3)c(=O)c2s1. The summed E-state index contributed by atoms with van der Waals surface area (Å²) in [6.07, 6.45) is 1.48. The molecule has 0 saturated carbocycles. The van der Waals surface area contributed by atoms with Crippen molar-refractivity contribution >= 4 is 21.6 Å². The van der Waals surface area contributed by atoms with Crippen LogP contribution in [0.25, 0.3) is 15.9 Å². The summed E-state index contributed by atoms with van der Waals surface area (Å²) < 4.78 is 6.88. The molecule has 0 bridgehead atoms. The van der Waals surface area contributed by atoms with E-state index >= 15 is 0 Å². The van der Waals surface area contributed by atoms with Crippen LogP contribution in [0.1, 0.15) is 4.88 Å². The maximum absolute atomic E-state index is 12.6. The zero-order valence-electron chi connectivity index (χ0n) is 11.7. The molecule has 0 aliphatic carbocycles. The van der Waals surface area contributed by atoms with Crippen LogP contribution in [0.3, 0.4) is 0 Å². The first-order valence-electron chi connectivity index (χ1n) is 6.47. The number of methoxy groups -OCH3 is 1. The number of aromatic hydroxyl groups is 1. The topological polar surface area (TPSA) is 64.3 Å². The van der Waals surface area contributed by atoms with Crippen molar-refractivity contribution in [3.63, 3.8) is 0 Å². The summed E-state index contributed by atoms with van der Waals surface area (Å²) >= 11 is 1.31. The van der Waals surface area contributed by atoms with Crippen molar-refractivity contribution in [2.75, 3.05) is 13.7 Å². The molecular formula is C16H12N2O3S. The molecule has 6 heteroatoms. The highest BCUT2D eigenvalue weighted by Crippen LogP contribution is 2.21. The summed E-state index contributed by atoms with van der Waals surface area (Å²) in [6.45, 7) is 0.347. The van der Waals surface area contributed by atoms with E-state index in [1.807, 2.05) is 0 Å². The first-order valence-corrected chi connectivity index (χ1v) is 7.29. The Balaban J connectivity index is 2.08. The van der Waals surface area contributed by atoms with E-state index in [4.69, 9.17) is 4.74 Å². The Kier molecular flexibility index (Phi) is 3.92. The van der Waals surface area contributed by atoms with E-state index in [0.29, 0.717) is 22.5 Å². The van der Waals surface area contributed by atoms with Gasteiger partial charge in [-0.2, -0.15) is 0 Å². The molecule has 1 aromatic carbocycles. The lowest BCUT2D eigenvalue weighted by molar-refractivity contribution is 0.240. The zero-order valence-corrected chi connectivity index (χ0v) is 12.6. The van der Waals surface area contributed by atoms with Crippen molar-refractivity contribution in [2.24, 2.45) is 0 Å². The van der Waals surface area contributed by atoms with E-state index in [-0.39, 0.29) is 11.3 Å². The van der Waals surface area contributed by atoms with Crippen molar-refractivity contribution in [3.8, 4) is 23.3 Å². The first kappa shape index (κ1) is 14.3. The van der Waals surface area contributed by atoms with Gasteiger partial charge in [0.25, 0.3) is 5.56 Å². The Bertz CT molecular complexity index is 930. The van der Waals surface area contributed by atoms with Gasteiger partial charge >= 0.3 is 0 Å². The van der Waals surface area contributed by atoms with E-state index in [1.54, 1.807) is 25.3 Å². The Morgan fingerprint density at radius 2 is 2.14 bits per heavy atom. The molecule has 0 aliphatic rings. The van der Waals surface area contributed by atoms with Crippen LogP contribution in [0.15, 0.2) is 41.5 Å². The standard InChI is InChI=1S/C16H12N2O3S/c1-21-8-2-3-13-9-14-15(22-13)16(20)18(10-17-14)11-4-6-12(19)7-5-11/h4-7,9-10,19H,8H2,1H3. The minimum Gasteiger partial charge on any atom is -0.508 e. The van der Waals surface area contributed by atoms with Crippen molar-refractivity contribution in [1.82, 2.24) is 9.55 Å². The molecule has 1 N–H and O–H groups in total. The quantitative estimate of drug-likeness (QED) is 0.737. The molecule has 3 aromatic rings. The predicted octanol–water partition coefficient (Wildman–Crippen LogP) is 2.15. The average molecular weight is 312 g/mol. The summed E-state index contributed by atoms with van der Waals surface area (Å²) in [6, 6.07) is 8.18. The molecule has 0 radical (unpaired) electrons. The monoisotopic (exact) mass is 312 g/mol. The fraction of sp³-hybridized carbons (Fsp3) is 0.125. The van der Waals surface area contributed by atoms with Crippen molar-refractivity contribution < 1.29 is 9.84 Å². The predicted molar refractivity (Wildman–Crippen MR) is 85.6 cm³/mol. The Morgan fingerprint density at radius 3 is 2.86 bits per heavy atom. The van der Waals surface area contributed by atoms with Gasteiger partial charge in [-0.1, -0.05) is 11.8 Å². The van der Waals surface area contributed by atoms with Gasteiger partial charge in [-0.25, -0.2) is 4.98 Å². The van der Waals surface area contributed by atoms with E-state index < -0.39 is 0 Å². The molecule has 2 aromatic heterocycles. The molecule has 3 rings (SSSR count). The zero-order chi connectivity index (χ0) is 15.5. The van der Waals surface area contributed by atoms with Crippen molar-refractivity contribution in [1.29, 1.82) is 0 Å². The maximum Gasteiger partial charge on any atom is 0.275 e. The van der Waals surface area contributed by atoms with E-state index in [0.717, 1.165) is 4.88 Å². The Labute approximate surface area is 130 Å². The molecule has 5 nitrogen and oxygen atoms in total. The molecule has 0 aliphatic heterocycles. The third-order valence-corrected chi connectivity index (χ3v) is 4.02. The number of aromatic nitrogens is 2. The van der Waals surface area contributed by atoms with Crippen LogP contribution in [0.5, 0.6) is 5.75 Å². The lowest BCUT2D eigenvalue weighted by Gasteiger charge is -2.04. The van der Waals surface area contributed by atoms with Crippen LogP contribution in [-0.4, -0.2) is 28.4 Å². The van der Waals surface area contributed by atoms with E-state index in [1.165, 1.54) is 34.4 Å². The largest absolute Gasteiger partial charge is 0.508 e. The number of phenolic OH excluding ortho intramolecular Hbond substituents is 1. The number of nitrogens with zero attached hydrogens (tertiary/aromatic N) is 2. The Hall–Kier alpha value is -2.62. The summed E-state index contributed by atoms with van der Waals surface area (Å²) in [5, 5.41) is 9.32. The second-order valence-electron chi connectivity index (χ2n) is 4.50. The fourth-order valence-corrected chi connectivity index (χ4v) is 2.88. The normalized spacial score (nSPS) is 10.4. The second-order valence-corrected chi connectivity index (χ2v) is 5.55. The minimum atomic E-state index is -0.152. The molecule has 0 atom stereocenters. The number of phenols is 1. The van der Waals surface area contributed by atoms with Gasteiger partial charge in [0.2, 0.25) is 0 Å². The molecule has 110 valence electrons. The smallest absolute Gasteiger partial charge is 0.275 e. The lowest BCUT2D eigenvalue weighted by Crippen LogP contribution is -2.17. The Morgan fingerprint density at radius 1 is 1.36 bits per heavy atom. The fourth-order valence-electron chi connectivity index (χ4n) is 1.97. The number of hydrogen-bond donors (Lipinski definition) is 1. The summed E-state index contributed by atoms with van der Waals surface area (Å²) in [5.41, 5.74) is 1.13. The van der Waals surface area contributed by atoms with E-state index in [9.17, 15) is 9.90 Å². The second kappa shape index (κ2) is 6.02. The van der Waals surface area contributed by atoms with Crippen LogP contribution < -0.4 is 5.56 Å². The van der Waals surface area contributed by atoms with Gasteiger partial charge in [-0.15, -0.1) is 11.3 Å². The highest BCUT2D eigenvalue weighted by molar-refractivity contribution is 7.19. The molecular weight excluding hydrogens is 300 g/mol. The summed E-state index contributed by atoms with van der Waals surface area (Å²) in [7, 11) is 1.58. The van der Waals surface area contributed by atoms with Gasteiger partial charge < -0.3 is 9.84 Å². The number of rotatable bonds is 2. The van der Waals surface area contributed by atoms with Gasteiger partial charge in [0.05, 0.1) is 16.1 Å². The van der Waals surface area contributed by atoms with Crippen LogP contribution >= 0.6 is 11.3 Å². The van der Waals surface area contributed by atoms with Crippen LogP contribution in [0.2, 0.25) is 0 Å². The lowest BCUT2D eigenvalue weighted by atomic mass is 10.3. The number of thiophene rings is 1. The van der Waals surface area contributed by atoms with Crippen LogP contribution in [0.4, 0.5) is 0 Å². The molecule has 2 heterocycles. The average Bonchev–Trinajstić information content (AvgIpc) is 2.93. The van der Waals surface area contributed by atoms with Gasteiger partial charge in [-0.05, 0) is 30.3 Å². The third-order valence-electron chi connectivity index (χ3n) is 2.99. The van der Waals surface area contributed by atoms with Gasteiger partial charge in [-0.3, -0.25) is 9.36 Å². The van der Waals surface area contributed by atoms with Gasteiger partial charge in [0, 0.05) is 7.11 Å². The van der Waals surface area contributed by atoms with E-state index in [2.05, 4.69) is 16.8 Å². The van der Waals surface area contributed by atoms with Gasteiger partial charge in [0.15, 0.2) is 0 Å². The highest BCUT2D eigenvalue weighted by atomic mass is 32.1. The number of ether oxygens (including phenoxy) is 1. The number of fused-ring (bicyclic) bond motifs is 1. The maximum atomic E-state index is 12.6. The molecule has 0 fully saturated rings. The number of benzene rings is 1. The number of hydrogen-bond acceptors (Lipinski definition) is 5. The molecule has 0 unspecified atom stereocenters. The van der Waals surface area contributed by atoms with Crippen LogP contribution in [-0.2, 0) is 4.74 Å². The molecule has 0 saturated heterocycles. The molecule has 22 heavy (non-hydrogen) atoms. The molecule has 0 amide bonds. The minimum absolute atomic E-state index is 0.151. The summed E-state index contributed by atoms with van der Waals surface area (Å²) in [5.74, 6) is 5.96. The van der Waals surface area contributed by atoms with Gasteiger partial charge in [0.1, 0.15) is 23.4 Å². The van der Waals surface area contributed by atoms with Crippen molar-refractivity contribution in [3.05, 3.63) is 51.9 Å². The first-order chi connectivity index (χ1) is 10.7. The highest BCUT2D eigenvalue weighted by Gasteiger charge is 2.09. The van der Waals surface area contributed by atoms with Crippen LogP contribution in [0, 0.1) is 11.8 Å². The summed E-state index contributed by atoms with van der Waals surface area (Å²) in [4.78, 5) is 17.6. The third kappa shape index (κ3) is 2.72. The molecule has 0 spiro atoms. The van der Waals surface area contributed by atoms with Crippen molar-refractivity contribution in [2.45, 2.75) is 0 Å².